The van der Waals surface area contributed by atoms with E-state index in [4.69, 9.17) is 14.2 Å². The van der Waals surface area contributed by atoms with Gasteiger partial charge in [-0.1, -0.05) is 25.5 Å². The minimum atomic E-state index is -0.207. The Morgan fingerprint density at radius 3 is 2.64 bits per heavy atom. The van der Waals surface area contributed by atoms with Crippen LogP contribution in [-0.2, 0) is 22.4 Å². The van der Waals surface area contributed by atoms with Crippen LogP contribution in [0.1, 0.15) is 66.9 Å². The fourth-order valence-electron chi connectivity index (χ4n) is 3.89. The molecule has 0 bridgehead atoms. The van der Waals surface area contributed by atoms with Gasteiger partial charge in [-0.05, 0) is 61.9 Å². The number of carbonyl (C=O) groups is 2. The van der Waals surface area contributed by atoms with E-state index in [2.05, 4.69) is 11.7 Å². The Labute approximate surface area is 196 Å². The van der Waals surface area contributed by atoms with Crippen molar-refractivity contribution >= 4 is 11.8 Å². The molecule has 0 N–H and O–H groups in total. The maximum absolute atomic E-state index is 12.2. The Morgan fingerprint density at radius 1 is 1.03 bits per heavy atom. The van der Waals surface area contributed by atoms with Crippen LogP contribution in [-0.4, -0.2) is 38.7 Å². The Kier molecular flexibility index (Phi) is 9.60. The summed E-state index contributed by atoms with van der Waals surface area (Å²) in [7, 11) is 1.40. The minimum Gasteiger partial charge on any atom is -0.494 e. The van der Waals surface area contributed by atoms with Crippen molar-refractivity contribution < 1.29 is 28.5 Å². The molecule has 0 saturated carbocycles. The van der Waals surface area contributed by atoms with Crippen molar-refractivity contribution in [2.75, 3.05) is 26.9 Å². The van der Waals surface area contributed by atoms with Crippen LogP contribution in [0.25, 0.3) is 0 Å². The smallest absolute Gasteiger partial charge is 0.305 e. The predicted octanol–water partition coefficient (Wildman–Crippen LogP) is 5.34. The van der Waals surface area contributed by atoms with Crippen molar-refractivity contribution in [2.45, 2.75) is 58.3 Å². The van der Waals surface area contributed by atoms with Crippen molar-refractivity contribution in [1.29, 1.82) is 0 Å². The summed E-state index contributed by atoms with van der Waals surface area (Å²) in [5.74, 6) is 2.30. The molecule has 0 atom stereocenters. The van der Waals surface area contributed by atoms with Gasteiger partial charge in [-0.2, -0.15) is 0 Å². The second-order valence-corrected chi connectivity index (χ2v) is 8.17. The van der Waals surface area contributed by atoms with Crippen molar-refractivity contribution in [3.8, 4) is 17.2 Å². The zero-order valence-electron chi connectivity index (χ0n) is 19.7. The van der Waals surface area contributed by atoms with Gasteiger partial charge in [0.25, 0.3) is 0 Å². The Balaban J connectivity index is 1.39. The van der Waals surface area contributed by atoms with Crippen molar-refractivity contribution in [3.05, 3.63) is 53.1 Å². The number of ketones is 1. The molecular formula is C27H34O6. The third kappa shape index (κ3) is 7.24. The van der Waals surface area contributed by atoms with Gasteiger partial charge >= 0.3 is 5.97 Å². The summed E-state index contributed by atoms with van der Waals surface area (Å²) in [6.07, 6.45) is 6.09. The summed E-state index contributed by atoms with van der Waals surface area (Å²) < 4.78 is 22.4. The number of aryl methyl sites for hydroxylation is 1. The number of hydrogen-bond donors (Lipinski definition) is 0. The lowest BCUT2D eigenvalue weighted by Gasteiger charge is -2.22. The summed E-state index contributed by atoms with van der Waals surface area (Å²) in [4.78, 5) is 23.5. The van der Waals surface area contributed by atoms with Crippen molar-refractivity contribution in [1.82, 2.24) is 0 Å². The maximum Gasteiger partial charge on any atom is 0.305 e. The first-order valence-electron chi connectivity index (χ1n) is 11.9. The van der Waals surface area contributed by atoms with Gasteiger partial charge in [0.05, 0.1) is 32.5 Å². The Bertz CT molecular complexity index is 936. The normalized spacial score (nSPS) is 12.6. The first-order valence-corrected chi connectivity index (χ1v) is 11.9. The van der Waals surface area contributed by atoms with Gasteiger partial charge in [-0.3, -0.25) is 9.59 Å². The quantitative estimate of drug-likeness (QED) is 0.301. The fourth-order valence-corrected chi connectivity index (χ4v) is 3.89. The van der Waals surface area contributed by atoms with E-state index in [1.807, 2.05) is 36.4 Å². The average Bonchev–Trinajstić information content (AvgIpc) is 2.83. The Morgan fingerprint density at radius 2 is 1.85 bits per heavy atom. The van der Waals surface area contributed by atoms with Gasteiger partial charge in [0.15, 0.2) is 5.78 Å². The molecule has 0 amide bonds. The highest BCUT2D eigenvalue weighted by atomic mass is 16.5. The van der Waals surface area contributed by atoms with E-state index >= 15 is 0 Å². The molecule has 178 valence electrons. The number of Topliss-reactive ketones (excluding diaryl/α,β-unsaturated/α-hetero) is 1. The van der Waals surface area contributed by atoms with Gasteiger partial charge < -0.3 is 18.9 Å². The first kappa shape index (κ1) is 24.6. The first-order chi connectivity index (χ1) is 16.1. The molecule has 0 unspecified atom stereocenters. The van der Waals surface area contributed by atoms with E-state index < -0.39 is 0 Å². The van der Waals surface area contributed by atoms with E-state index in [1.165, 1.54) is 7.11 Å². The monoisotopic (exact) mass is 454 g/mol. The van der Waals surface area contributed by atoms with Gasteiger partial charge in [0, 0.05) is 18.4 Å². The topological polar surface area (TPSA) is 71.1 Å². The van der Waals surface area contributed by atoms with E-state index in [0.29, 0.717) is 50.4 Å². The second kappa shape index (κ2) is 12.9. The summed E-state index contributed by atoms with van der Waals surface area (Å²) in [5, 5.41) is 0. The molecule has 0 spiro atoms. The molecule has 0 fully saturated rings. The highest BCUT2D eigenvalue weighted by Crippen LogP contribution is 2.36. The summed E-state index contributed by atoms with van der Waals surface area (Å²) in [6, 6.07) is 11.6. The zero-order chi connectivity index (χ0) is 23.5. The standard InChI is InChI=1S/C27H34O6/c1-3-8-23-25(13-12-22-24(28)15-18-33-27(22)23)32-17-6-4-5-16-31-21-10-7-9-20(19-21)11-14-26(29)30-2/h7,9-10,12-13,19H,3-6,8,11,14-18H2,1-2H3. The number of fused-ring (bicyclic) bond motifs is 1. The molecule has 33 heavy (non-hydrogen) atoms. The highest BCUT2D eigenvalue weighted by Gasteiger charge is 2.23. The molecule has 1 heterocycles. The number of esters is 1. The molecule has 6 heteroatoms. The predicted molar refractivity (Wildman–Crippen MR) is 126 cm³/mol. The van der Waals surface area contributed by atoms with Crippen LogP contribution in [0.4, 0.5) is 0 Å². The largest absolute Gasteiger partial charge is 0.494 e. The van der Waals surface area contributed by atoms with Crippen LogP contribution in [0, 0.1) is 0 Å². The van der Waals surface area contributed by atoms with Crippen LogP contribution in [0.15, 0.2) is 36.4 Å². The van der Waals surface area contributed by atoms with Crippen LogP contribution in [0.3, 0.4) is 0 Å². The SMILES string of the molecule is CCCc1c(OCCCCCOc2cccc(CCC(=O)OC)c2)ccc2c1OCCC2=O. The lowest BCUT2D eigenvalue weighted by atomic mass is 9.98. The number of methoxy groups -OCH3 is 1. The maximum atomic E-state index is 12.2. The van der Waals surface area contributed by atoms with Crippen LogP contribution >= 0.6 is 0 Å². The summed E-state index contributed by atoms with van der Waals surface area (Å²) >= 11 is 0. The number of hydrogen-bond acceptors (Lipinski definition) is 6. The molecule has 0 aliphatic carbocycles. The molecule has 6 nitrogen and oxygen atoms in total. The number of carbonyl (C=O) groups excluding carboxylic acids is 2. The average molecular weight is 455 g/mol. The number of ether oxygens (including phenoxy) is 4. The van der Waals surface area contributed by atoms with E-state index in [-0.39, 0.29) is 11.8 Å². The molecule has 3 rings (SSSR count). The number of unbranched alkanes of at least 4 members (excludes halogenated alkanes) is 2. The number of rotatable bonds is 13. The molecule has 0 aromatic heterocycles. The molecule has 2 aromatic rings. The van der Waals surface area contributed by atoms with Gasteiger partial charge in [0.1, 0.15) is 17.2 Å². The van der Waals surface area contributed by atoms with Crippen molar-refractivity contribution in [2.24, 2.45) is 0 Å². The molecular weight excluding hydrogens is 420 g/mol. The van der Waals surface area contributed by atoms with Crippen LogP contribution in [0.5, 0.6) is 17.2 Å². The van der Waals surface area contributed by atoms with Crippen molar-refractivity contribution in [3.63, 3.8) is 0 Å². The molecule has 0 saturated heterocycles. The number of benzene rings is 2. The van der Waals surface area contributed by atoms with Crippen LogP contribution in [0.2, 0.25) is 0 Å². The lowest BCUT2D eigenvalue weighted by molar-refractivity contribution is -0.140. The van der Waals surface area contributed by atoms with E-state index in [9.17, 15) is 9.59 Å². The van der Waals surface area contributed by atoms with Crippen LogP contribution < -0.4 is 14.2 Å². The lowest BCUT2D eigenvalue weighted by Crippen LogP contribution is -2.17. The Hall–Kier alpha value is -3.02. The minimum absolute atomic E-state index is 0.147. The van der Waals surface area contributed by atoms with Gasteiger partial charge in [-0.25, -0.2) is 0 Å². The summed E-state index contributed by atoms with van der Waals surface area (Å²) in [6.45, 7) is 3.81. The highest BCUT2D eigenvalue weighted by molar-refractivity contribution is 6.00. The van der Waals surface area contributed by atoms with Gasteiger partial charge in [-0.15, -0.1) is 0 Å². The fraction of sp³-hybridized carbons (Fsp3) is 0.481. The zero-order valence-corrected chi connectivity index (χ0v) is 19.7. The van der Waals surface area contributed by atoms with E-state index in [0.717, 1.165) is 54.7 Å². The third-order valence-corrected chi connectivity index (χ3v) is 5.65. The third-order valence-electron chi connectivity index (χ3n) is 5.65. The molecule has 1 aliphatic rings. The van der Waals surface area contributed by atoms with E-state index in [1.54, 1.807) is 0 Å². The molecule has 2 aromatic carbocycles. The molecule has 1 aliphatic heterocycles. The molecule has 0 radical (unpaired) electrons. The van der Waals surface area contributed by atoms with Gasteiger partial charge in [0.2, 0.25) is 0 Å². The summed E-state index contributed by atoms with van der Waals surface area (Å²) in [5.41, 5.74) is 2.76. The second-order valence-electron chi connectivity index (χ2n) is 8.17.